The maximum absolute atomic E-state index is 11.1. The molecule has 1 aromatic carbocycles. The van der Waals surface area contributed by atoms with Crippen molar-refractivity contribution in [3.05, 3.63) is 47.9 Å². The highest BCUT2D eigenvalue weighted by atomic mass is 32.2. The SMILES string of the molecule is NS(=O)(=O)NC[C@H]1O[C@@H](n2cnc3c(NCc4csc5ccccc45)ncnc32)[C@H](O)[C@@H]1O. The number of thiophene rings is 1. The number of rotatable bonds is 7. The van der Waals surface area contributed by atoms with Gasteiger partial charge < -0.3 is 20.3 Å². The molecule has 12 nitrogen and oxygen atoms in total. The minimum absolute atomic E-state index is 0.295. The van der Waals surface area contributed by atoms with Gasteiger partial charge in [-0.15, -0.1) is 11.3 Å². The van der Waals surface area contributed by atoms with Crippen LogP contribution in [0.1, 0.15) is 11.8 Å². The molecule has 0 aliphatic carbocycles. The Morgan fingerprint density at radius 1 is 1.18 bits per heavy atom. The van der Waals surface area contributed by atoms with Crippen molar-refractivity contribution in [1.82, 2.24) is 24.2 Å². The lowest BCUT2D eigenvalue weighted by Gasteiger charge is -2.16. The fourth-order valence-corrected chi connectivity index (χ4v) is 5.20. The molecular weight excluding hydrogens is 470 g/mol. The zero-order valence-corrected chi connectivity index (χ0v) is 18.7. The number of imidazole rings is 1. The van der Waals surface area contributed by atoms with Gasteiger partial charge in [0.05, 0.1) is 6.33 Å². The van der Waals surface area contributed by atoms with Crippen LogP contribution in [0, 0.1) is 0 Å². The van der Waals surface area contributed by atoms with Crippen molar-refractivity contribution in [3.8, 4) is 0 Å². The van der Waals surface area contributed by atoms with Crippen molar-refractivity contribution >= 4 is 48.6 Å². The normalized spacial score (nSPS) is 23.5. The van der Waals surface area contributed by atoms with Gasteiger partial charge in [0, 0.05) is 17.8 Å². The highest BCUT2D eigenvalue weighted by Gasteiger charge is 2.44. The molecule has 14 heteroatoms. The fourth-order valence-electron chi connectivity index (χ4n) is 3.84. The Hall–Kier alpha value is -2.72. The molecule has 0 spiro atoms. The van der Waals surface area contributed by atoms with E-state index < -0.39 is 34.7 Å². The van der Waals surface area contributed by atoms with Crippen LogP contribution in [0.3, 0.4) is 0 Å². The van der Waals surface area contributed by atoms with Crippen molar-refractivity contribution in [2.45, 2.75) is 31.1 Å². The quantitative estimate of drug-likeness (QED) is 0.239. The van der Waals surface area contributed by atoms with E-state index in [0.29, 0.717) is 23.5 Å². The lowest BCUT2D eigenvalue weighted by Crippen LogP contribution is -2.42. The third-order valence-corrected chi connectivity index (χ3v) is 7.04. The van der Waals surface area contributed by atoms with E-state index in [1.807, 2.05) is 12.1 Å². The molecule has 0 radical (unpaired) electrons. The van der Waals surface area contributed by atoms with Gasteiger partial charge >= 0.3 is 0 Å². The van der Waals surface area contributed by atoms with E-state index in [9.17, 15) is 18.6 Å². The molecule has 174 valence electrons. The molecule has 1 aliphatic heterocycles. The molecule has 0 unspecified atom stereocenters. The number of benzene rings is 1. The second-order valence-corrected chi connectivity index (χ2v) is 9.89. The molecule has 1 fully saturated rings. The summed E-state index contributed by atoms with van der Waals surface area (Å²) in [7, 11) is -3.97. The summed E-state index contributed by atoms with van der Waals surface area (Å²) in [6.07, 6.45) is -1.91. The summed E-state index contributed by atoms with van der Waals surface area (Å²) in [5.74, 6) is 0.509. The first-order valence-electron chi connectivity index (χ1n) is 9.97. The molecule has 4 aromatic rings. The standard InChI is InChI=1S/C19H21N7O5S2/c20-33(29,30)25-6-12-15(27)16(28)19(31-12)26-9-24-14-17(22-8-23-18(14)26)21-5-10-7-32-13-4-2-1-3-11(10)13/h1-4,7-9,12,15-16,19,25,27-28H,5-6H2,(H2,20,29,30)(H,21,22,23)/t12-,15-,16-,19-/m1/s1. The minimum atomic E-state index is -3.97. The topological polar surface area (TPSA) is 178 Å². The summed E-state index contributed by atoms with van der Waals surface area (Å²) < 4.78 is 32.7. The third kappa shape index (κ3) is 4.29. The molecule has 1 aliphatic rings. The number of aliphatic hydroxyl groups excluding tert-OH is 2. The number of anilines is 1. The number of aliphatic hydroxyl groups is 2. The molecule has 0 saturated carbocycles. The van der Waals surface area contributed by atoms with Crippen LogP contribution in [0.4, 0.5) is 5.82 Å². The summed E-state index contributed by atoms with van der Waals surface area (Å²) in [6.45, 7) is 0.238. The Morgan fingerprint density at radius 2 is 2.00 bits per heavy atom. The Kier molecular flexibility index (Phi) is 5.74. The Balaban J connectivity index is 1.37. The highest BCUT2D eigenvalue weighted by Crippen LogP contribution is 2.32. The van der Waals surface area contributed by atoms with Gasteiger partial charge in [0.2, 0.25) is 0 Å². The molecular formula is C19H21N7O5S2. The Labute approximate surface area is 192 Å². The van der Waals surface area contributed by atoms with Gasteiger partial charge in [-0.3, -0.25) is 4.57 Å². The smallest absolute Gasteiger partial charge is 0.274 e. The van der Waals surface area contributed by atoms with E-state index in [2.05, 4.69) is 42.5 Å². The zero-order chi connectivity index (χ0) is 23.2. The number of hydrogen-bond acceptors (Lipinski definition) is 10. The number of aromatic nitrogens is 4. The summed E-state index contributed by atoms with van der Waals surface area (Å²) in [6, 6.07) is 8.14. The van der Waals surface area contributed by atoms with Crippen LogP contribution >= 0.6 is 11.3 Å². The zero-order valence-electron chi connectivity index (χ0n) is 17.1. The number of nitrogens with zero attached hydrogens (tertiary/aromatic N) is 4. The van der Waals surface area contributed by atoms with E-state index in [-0.39, 0.29) is 6.54 Å². The van der Waals surface area contributed by atoms with E-state index in [0.717, 1.165) is 5.56 Å². The summed E-state index contributed by atoms with van der Waals surface area (Å²) in [5.41, 5.74) is 1.98. The van der Waals surface area contributed by atoms with Crippen molar-refractivity contribution in [2.24, 2.45) is 5.14 Å². The Bertz CT molecular complexity index is 1410. The molecule has 4 atom stereocenters. The molecule has 3 aromatic heterocycles. The van der Waals surface area contributed by atoms with Gasteiger partial charge in [0.25, 0.3) is 10.2 Å². The first-order chi connectivity index (χ1) is 15.8. The lowest BCUT2D eigenvalue weighted by atomic mass is 10.1. The third-order valence-electron chi connectivity index (χ3n) is 5.46. The molecule has 0 amide bonds. The summed E-state index contributed by atoms with van der Waals surface area (Å²) >= 11 is 1.67. The number of nitrogens with one attached hydrogen (secondary N) is 2. The Morgan fingerprint density at radius 3 is 2.82 bits per heavy atom. The average molecular weight is 492 g/mol. The van der Waals surface area contributed by atoms with Crippen LogP contribution in [0.15, 0.2) is 42.3 Å². The highest BCUT2D eigenvalue weighted by molar-refractivity contribution is 7.87. The van der Waals surface area contributed by atoms with Gasteiger partial charge in [-0.05, 0) is 22.4 Å². The molecule has 6 N–H and O–H groups in total. The van der Waals surface area contributed by atoms with Crippen molar-refractivity contribution < 1.29 is 23.4 Å². The maximum atomic E-state index is 11.1. The first kappa shape index (κ1) is 22.1. The van der Waals surface area contributed by atoms with E-state index in [1.54, 1.807) is 11.3 Å². The van der Waals surface area contributed by atoms with Crippen LogP contribution < -0.4 is 15.2 Å². The van der Waals surface area contributed by atoms with E-state index in [1.165, 1.54) is 27.3 Å². The number of nitrogens with two attached hydrogens (primary N) is 1. The number of hydrogen-bond donors (Lipinski definition) is 5. The van der Waals surface area contributed by atoms with Crippen LogP contribution in [-0.4, -0.2) is 63.0 Å². The molecule has 4 heterocycles. The van der Waals surface area contributed by atoms with Crippen LogP contribution in [-0.2, 0) is 21.5 Å². The van der Waals surface area contributed by atoms with Gasteiger partial charge in [0.1, 0.15) is 24.6 Å². The second kappa shape index (κ2) is 8.57. The maximum Gasteiger partial charge on any atom is 0.274 e. The number of fused-ring (bicyclic) bond motifs is 2. The monoisotopic (exact) mass is 491 g/mol. The summed E-state index contributed by atoms with van der Waals surface area (Å²) in [5, 5.41) is 32.3. The average Bonchev–Trinajstić information content (AvgIpc) is 3.47. The predicted molar refractivity (Wildman–Crippen MR) is 122 cm³/mol. The molecule has 33 heavy (non-hydrogen) atoms. The van der Waals surface area contributed by atoms with Crippen molar-refractivity contribution in [3.63, 3.8) is 0 Å². The van der Waals surface area contributed by atoms with Crippen LogP contribution in [0.25, 0.3) is 21.3 Å². The van der Waals surface area contributed by atoms with Crippen LogP contribution in [0.5, 0.6) is 0 Å². The van der Waals surface area contributed by atoms with Crippen molar-refractivity contribution in [1.29, 1.82) is 0 Å². The van der Waals surface area contributed by atoms with Gasteiger partial charge in [-0.1, -0.05) is 18.2 Å². The predicted octanol–water partition coefficient (Wildman–Crippen LogP) is 0.0654. The molecule has 1 saturated heterocycles. The van der Waals surface area contributed by atoms with Gasteiger partial charge in [-0.2, -0.15) is 13.1 Å². The fraction of sp³-hybridized carbons (Fsp3) is 0.316. The molecule has 0 bridgehead atoms. The van der Waals surface area contributed by atoms with Gasteiger partial charge in [0.15, 0.2) is 23.2 Å². The number of ether oxygens (including phenoxy) is 1. The van der Waals surface area contributed by atoms with Gasteiger partial charge in [-0.25, -0.2) is 20.1 Å². The molecule has 5 rings (SSSR count). The van der Waals surface area contributed by atoms with E-state index >= 15 is 0 Å². The van der Waals surface area contributed by atoms with E-state index in [4.69, 9.17) is 9.88 Å². The summed E-state index contributed by atoms with van der Waals surface area (Å²) in [4.78, 5) is 12.9. The van der Waals surface area contributed by atoms with Crippen molar-refractivity contribution in [2.75, 3.05) is 11.9 Å². The lowest BCUT2D eigenvalue weighted by molar-refractivity contribution is -0.0330. The second-order valence-electron chi connectivity index (χ2n) is 7.60. The van der Waals surface area contributed by atoms with Crippen LogP contribution in [0.2, 0.25) is 0 Å². The minimum Gasteiger partial charge on any atom is -0.387 e. The largest absolute Gasteiger partial charge is 0.387 e. The first-order valence-corrected chi connectivity index (χ1v) is 12.4.